The summed E-state index contributed by atoms with van der Waals surface area (Å²) in [5.74, 6) is 0.658. The molecule has 1 aliphatic heterocycles. The van der Waals surface area contributed by atoms with Gasteiger partial charge >= 0.3 is 0 Å². The van der Waals surface area contributed by atoms with Crippen LogP contribution in [0.3, 0.4) is 0 Å². The molecular formula is C21H26BrFN2O. The average molecular weight is 421 g/mol. The first-order valence-electron chi connectivity index (χ1n) is 9.17. The molecule has 0 radical (unpaired) electrons. The van der Waals surface area contributed by atoms with Crippen LogP contribution in [0.25, 0.3) is 0 Å². The lowest BCUT2D eigenvalue weighted by molar-refractivity contribution is 0.153. The molecule has 26 heavy (non-hydrogen) atoms. The molecule has 1 heterocycles. The largest absolute Gasteiger partial charge is 0.489 e. The Hall–Kier alpha value is -1.43. The fourth-order valence-electron chi connectivity index (χ4n) is 3.24. The molecule has 2 aromatic carbocycles. The summed E-state index contributed by atoms with van der Waals surface area (Å²) in [6, 6.07) is 12.7. The Balaban J connectivity index is 1.55. The number of likely N-dealkylation sites (N-methyl/N-ethyl adjacent to an activating group) is 1. The van der Waals surface area contributed by atoms with E-state index >= 15 is 0 Å². The van der Waals surface area contributed by atoms with Crippen molar-refractivity contribution in [1.82, 2.24) is 9.80 Å². The van der Waals surface area contributed by atoms with Crippen molar-refractivity contribution in [2.24, 2.45) is 0 Å². The summed E-state index contributed by atoms with van der Waals surface area (Å²) < 4.78 is 20.4. The average Bonchev–Trinajstić information content (AvgIpc) is 2.63. The standard InChI is InChI=1S/C21H26BrFN2O/c1-24-10-12-25(13-11-24)9-3-5-18-15-19(22)7-8-21(18)26-16-17-4-2-6-20(23)14-17/h2,4,6-8,14-15H,3,5,9-13,16H2,1H3. The number of ether oxygens (including phenoxy) is 1. The van der Waals surface area contributed by atoms with Gasteiger partial charge in [0.05, 0.1) is 0 Å². The molecule has 1 fully saturated rings. The molecule has 2 aromatic rings. The van der Waals surface area contributed by atoms with Gasteiger partial charge in [-0.05, 0) is 67.9 Å². The molecule has 0 spiro atoms. The fourth-order valence-corrected chi connectivity index (χ4v) is 3.65. The molecule has 0 unspecified atom stereocenters. The van der Waals surface area contributed by atoms with Crippen LogP contribution >= 0.6 is 15.9 Å². The van der Waals surface area contributed by atoms with Crippen molar-refractivity contribution < 1.29 is 9.13 Å². The van der Waals surface area contributed by atoms with Gasteiger partial charge in [0, 0.05) is 30.7 Å². The number of nitrogens with zero attached hydrogens (tertiary/aromatic N) is 2. The lowest BCUT2D eigenvalue weighted by Gasteiger charge is -2.32. The molecule has 0 saturated carbocycles. The Kier molecular flexibility index (Phi) is 7.06. The maximum atomic E-state index is 13.3. The lowest BCUT2D eigenvalue weighted by Crippen LogP contribution is -2.44. The fraction of sp³-hybridized carbons (Fsp3) is 0.429. The smallest absolute Gasteiger partial charge is 0.123 e. The second-order valence-corrected chi connectivity index (χ2v) is 7.83. The zero-order valence-electron chi connectivity index (χ0n) is 15.3. The second kappa shape index (κ2) is 9.49. The number of aryl methyl sites for hydroxylation is 1. The topological polar surface area (TPSA) is 15.7 Å². The van der Waals surface area contributed by atoms with E-state index in [0.29, 0.717) is 6.61 Å². The van der Waals surface area contributed by atoms with Gasteiger partial charge in [-0.2, -0.15) is 0 Å². The van der Waals surface area contributed by atoms with Crippen molar-refractivity contribution in [2.75, 3.05) is 39.8 Å². The quantitative estimate of drug-likeness (QED) is 0.661. The van der Waals surface area contributed by atoms with E-state index in [1.807, 2.05) is 18.2 Å². The predicted molar refractivity (Wildman–Crippen MR) is 107 cm³/mol. The summed E-state index contributed by atoms with van der Waals surface area (Å²) in [5.41, 5.74) is 2.04. The van der Waals surface area contributed by atoms with Gasteiger partial charge in [0.2, 0.25) is 0 Å². The highest BCUT2D eigenvalue weighted by molar-refractivity contribution is 9.10. The SMILES string of the molecule is CN1CCN(CCCc2cc(Br)ccc2OCc2cccc(F)c2)CC1. The zero-order valence-corrected chi connectivity index (χ0v) is 16.8. The minimum atomic E-state index is -0.227. The summed E-state index contributed by atoms with van der Waals surface area (Å²) in [7, 11) is 2.18. The highest BCUT2D eigenvalue weighted by atomic mass is 79.9. The Morgan fingerprint density at radius 3 is 2.65 bits per heavy atom. The molecule has 0 amide bonds. The van der Waals surface area contributed by atoms with Crippen LogP contribution in [-0.2, 0) is 13.0 Å². The van der Waals surface area contributed by atoms with Gasteiger partial charge in [0.25, 0.3) is 0 Å². The van der Waals surface area contributed by atoms with Crippen molar-refractivity contribution in [1.29, 1.82) is 0 Å². The van der Waals surface area contributed by atoms with Crippen LogP contribution in [-0.4, -0.2) is 49.6 Å². The van der Waals surface area contributed by atoms with Crippen LogP contribution in [0.4, 0.5) is 4.39 Å². The maximum Gasteiger partial charge on any atom is 0.123 e. The molecule has 3 rings (SSSR count). The molecule has 3 nitrogen and oxygen atoms in total. The van der Waals surface area contributed by atoms with E-state index in [2.05, 4.69) is 38.8 Å². The molecular weight excluding hydrogens is 395 g/mol. The Morgan fingerprint density at radius 2 is 1.88 bits per heavy atom. The van der Waals surface area contributed by atoms with Gasteiger partial charge in [-0.3, -0.25) is 0 Å². The Labute approximate surface area is 163 Å². The second-order valence-electron chi connectivity index (χ2n) is 6.92. The minimum absolute atomic E-state index is 0.227. The number of piperazine rings is 1. The first-order chi connectivity index (χ1) is 12.6. The Bertz CT molecular complexity index is 717. The number of hydrogen-bond acceptors (Lipinski definition) is 3. The van der Waals surface area contributed by atoms with E-state index in [4.69, 9.17) is 4.74 Å². The van der Waals surface area contributed by atoms with Crippen LogP contribution in [0.15, 0.2) is 46.9 Å². The normalized spacial score (nSPS) is 16.0. The van der Waals surface area contributed by atoms with E-state index in [1.165, 1.54) is 17.7 Å². The molecule has 0 N–H and O–H groups in total. The van der Waals surface area contributed by atoms with Crippen LogP contribution in [0.5, 0.6) is 5.75 Å². The zero-order chi connectivity index (χ0) is 18.4. The Morgan fingerprint density at radius 1 is 1.08 bits per heavy atom. The van der Waals surface area contributed by atoms with Crippen molar-refractivity contribution in [2.45, 2.75) is 19.4 Å². The number of hydrogen-bond donors (Lipinski definition) is 0. The van der Waals surface area contributed by atoms with Gasteiger partial charge in [-0.1, -0.05) is 28.1 Å². The highest BCUT2D eigenvalue weighted by Gasteiger charge is 2.13. The summed E-state index contributed by atoms with van der Waals surface area (Å²) in [4.78, 5) is 4.91. The molecule has 1 saturated heterocycles. The maximum absolute atomic E-state index is 13.3. The van der Waals surface area contributed by atoms with Gasteiger partial charge < -0.3 is 14.5 Å². The van der Waals surface area contributed by atoms with E-state index in [1.54, 1.807) is 6.07 Å². The lowest BCUT2D eigenvalue weighted by atomic mass is 10.1. The van der Waals surface area contributed by atoms with Crippen LogP contribution in [0.2, 0.25) is 0 Å². The van der Waals surface area contributed by atoms with Gasteiger partial charge in [0.15, 0.2) is 0 Å². The van der Waals surface area contributed by atoms with Crippen molar-refractivity contribution in [3.05, 3.63) is 63.9 Å². The third kappa shape index (κ3) is 5.79. The highest BCUT2D eigenvalue weighted by Crippen LogP contribution is 2.25. The molecule has 140 valence electrons. The third-order valence-corrected chi connectivity index (χ3v) is 5.32. The van der Waals surface area contributed by atoms with Crippen molar-refractivity contribution in [3.63, 3.8) is 0 Å². The minimum Gasteiger partial charge on any atom is -0.489 e. The number of halogens is 2. The monoisotopic (exact) mass is 420 g/mol. The van der Waals surface area contributed by atoms with Gasteiger partial charge in [0.1, 0.15) is 18.2 Å². The van der Waals surface area contributed by atoms with Crippen molar-refractivity contribution in [3.8, 4) is 5.75 Å². The molecule has 0 aliphatic carbocycles. The number of benzene rings is 2. The van der Waals surface area contributed by atoms with Crippen LogP contribution in [0, 0.1) is 5.82 Å². The van der Waals surface area contributed by atoms with Crippen LogP contribution in [0.1, 0.15) is 17.5 Å². The molecule has 1 aliphatic rings. The number of rotatable bonds is 7. The summed E-state index contributed by atoms with van der Waals surface area (Å²) in [5, 5.41) is 0. The van der Waals surface area contributed by atoms with E-state index < -0.39 is 0 Å². The van der Waals surface area contributed by atoms with Crippen LogP contribution < -0.4 is 4.74 Å². The molecule has 5 heteroatoms. The summed E-state index contributed by atoms with van der Waals surface area (Å²) in [6.45, 7) is 6.10. The predicted octanol–water partition coefficient (Wildman–Crippen LogP) is 4.35. The summed E-state index contributed by atoms with van der Waals surface area (Å²) >= 11 is 3.56. The summed E-state index contributed by atoms with van der Waals surface area (Å²) in [6.07, 6.45) is 2.08. The first kappa shape index (κ1) is 19.3. The van der Waals surface area contributed by atoms with E-state index in [-0.39, 0.29) is 5.82 Å². The van der Waals surface area contributed by atoms with Crippen molar-refractivity contribution >= 4 is 15.9 Å². The third-order valence-electron chi connectivity index (χ3n) is 4.82. The van der Waals surface area contributed by atoms with E-state index in [0.717, 1.165) is 61.4 Å². The molecule has 0 bridgehead atoms. The molecule has 0 atom stereocenters. The molecule has 0 aromatic heterocycles. The van der Waals surface area contributed by atoms with Gasteiger partial charge in [-0.15, -0.1) is 0 Å². The van der Waals surface area contributed by atoms with Gasteiger partial charge in [-0.25, -0.2) is 4.39 Å². The van der Waals surface area contributed by atoms with E-state index in [9.17, 15) is 4.39 Å². The first-order valence-corrected chi connectivity index (χ1v) is 9.96.